The summed E-state index contributed by atoms with van der Waals surface area (Å²) in [6.07, 6.45) is 0.824. The van der Waals surface area contributed by atoms with Gasteiger partial charge in [0.2, 0.25) is 0 Å². The molecule has 0 bridgehead atoms. The van der Waals surface area contributed by atoms with E-state index in [1.807, 2.05) is 60.7 Å². The molecule has 2 aromatic heterocycles. The number of benzene rings is 3. The number of pyridine rings is 1. The van der Waals surface area contributed by atoms with E-state index >= 15 is 0 Å². The Kier molecular flexibility index (Phi) is 7.41. The number of nitrogens with zero attached hydrogens (tertiary/aromatic N) is 5. The molecule has 3 aromatic carbocycles. The standard InChI is InChI=1S/C30H30N6O4/c1-38-25-9-7-22(8-10-25)18-36-29(32-33-34-36)20-35(12-11-21-5-3-2-4-6-21)19-24-15-23-16-27-28(40-14-13-39-27)17-26(23)31-30(24)37/h2-10,15-17H,11-14,18-20H2,1H3,(H,31,37). The van der Waals surface area contributed by atoms with Gasteiger partial charge in [-0.2, -0.15) is 0 Å². The third-order valence-corrected chi connectivity index (χ3v) is 7.00. The predicted octanol–water partition coefficient (Wildman–Crippen LogP) is 3.59. The Hall–Kier alpha value is -4.70. The van der Waals surface area contributed by atoms with Gasteiger partial charge in [-0.15, -0.1) is 5.10 Å². The van der Waals surface area contributed by atoms with Crippen LogP contribution < -0.4 is 19.8 Å². The summed E-state index contributed by atoms with van der Waals surface area (Å²) >= 11 is 0. The normalized spacial score (nSPS) is 12.7. The van der Waals surface area contributed by atoms with Crippen molar-refractivity contribution < 1.29 is 14.2 Å². The van der Waals surface area contributed by atoms with Crippen LogP contribution in [0.25, 0.3) is 10.9 Å². The van der Waals surface area contributed by atoms with Gasteiger partial charge in [0.25, 0.3) is 5.56 Å². The summed E-state index contributed by atoms with van der Waals surface area (Å²) in [6.45, 7) is 3.17. The van der Waals surface area contributed by atoms with Gasteiger partial charge in [0.15, 0.2) is 17.3 Å². The fourth-order valence-corrected chi connectivity index (χ4v) is 4.86. The van der Waals surface area contributed by atoms with E-state index in [0.29, 0.717) is 49.9 Å². The third kappa shape index (κ3) is 5.81. The first-order chi connectivity index (χ1) is 19.6. The van der Waals surface area contributed by atoms with Crippen molar-refractivity contribution in [1.29, 1.82) is 0 Å². The van der Waals surface area contributed by atoms with Crippen molar-refractivity contribution in [3.05, 3.63) is 106 Å². The molecule has 3 heterocycles. The Balaban J connectivity index is 1.26. The van der Waals surface area contributed by atoms with E-state index < -0.39 is 0 Å². The first kappa shape index (κ1) is 25.6. The van der Waals surface area contributed by atoms with Crippen LogP contribution in [0.4, 0.5) is 0 Å². The van der Waals surface area contributed by atoms with Crippen LogP contribution in [0, 0.1) is 0 Å². The van der Waals surface area contributed by atoms with Gasteiger partial charge in [-0.25, -0.2) is 4.68 Å². The van der Waals surface area contributed by atoms with Gasteiger partial charge in [-0.3, -0.25) is 9.69 Å². The Morgan fingerprint density at radius 2 is 1.73 bits per heavy atom. The lowest BCUT2D eigenvalue weighted by atomic mass is 10.1. The number of H-pyrrole nitrogens is 1. The molecule has 40 heavy (non-hydrogen) atoms. The summed E-state index contributed by atoms with van der Waals surface area (Å²) in [6, 6.07) is 23.8. The molecule has 0 fully saturated rings. The van der Waals surface area contributed by atoms with Crippen LogP contribution in [0.3, 0.4) is 0 Å². The van der Waals surface area contributed by atoms with Gasteiger partial charge in [0, 0.05) is 30.1 Å². The van der Waals surface area contributed by atoms with E-state index in [1.54, 1.807) is 11.8 Å². The highest BCUT2D eigenvalue weighted by atomic mass is 16.6. The van der Waals surface area contributed by atoms with Crippen molar-refractivity contribution in [2.45, 2.75) is 26.1 Å². The van der Waals surface area contributed by atoms with Gasteiger partial charge in [-0.1, -0.05) is 42.5 Å². The van der Waals surface area contributed by atoms with Crippen LogP contribution in [0.2, 0.25) is 0 Å². The van der Waals surface area contributed by atoms with Crippen molar-refractivity contribution in [2.75, 3.05) is 26.9 Å². The number of methoxy groups -OCH3 is 1. The lowest BCUT2D eigenvalue weighted by Crippen LogP contribution is -2.30. The van der Waals surface area contributed by atoms with E-state index in [1.165, 1.54) is 5.56 Å². The number of rotatable bonds is 10. The number of aromatic nitrogens is 5. The average Bonchev–Trinajstić information content (AvgIpc) is 3.42. The SMILES string of the molecule is COc1ccc(Cn2nnnc2CN(CCc2ccccc2)Cc2cc3cc4c(cc3[nH]c2=O)OCCO4)cc1. The van der Waals surface area contributed by atoms with E-state index in [2.05, 4.69) is 37.5 Å². The number of aromatic amines is 1. The summed E-state index contributed by atoms with van der Waals surface area (Å²) in [7, 11) is 1.65. The van der Waals surface area contributed by atoms with Crippen molar-refractivity contribution in [3.63, 3.8) is 0 Å². The minimum atomic E-state index is -0.133. The fraction of sp³-hybridized carbons (Fsp3) is 0.267. The van der Waals surface area contributed by atoms with Crippen molar-refractivity contribution in [3.8, 4) is 17.2 Å². The maximum Gasteiger partial charge on any atom is 0.252 e. The number of hydrogen-bond acceptors (Lipinski definition) is 8. The molecule has 0 amide bonds. The predicted molar refractivity (Wildman–Crippen MR) is 150 cm³/mol. The molecule has 0 spiro atoms. The molecule has 0 saturated heterocycles. The topological polar surface area (TPSA) is 107 Å². The number of hydrogen-bond donors (Lipinski definition) is 1. The van der Waals surface area contributed by atoms with E-state index in [9.17, 15) is 4.79 Å². The molecule has 0 radical (unpaired) electrons. The first-order valence-corrected chi connectivity index (χ1v) is 13.2. The summed E-state index contributed by atoms with van der Waals surface area (Å²) in [5.74, 6) is 2.86. The van der Waals surface area contributed by atoms with Crippen molar-refractivity contribution in [2.24, 2.45) is 0 Å². The molecule has 6 rings (SSSR count). The van der Waals surface area contributed by atoms with E-state index in [4.69, 9.17) is 14.2 Å². The average molecular weight is 539 g/mol. The number of ether oxygens (including phenoxy) is 3. The molecule has 0 saturated carbocycles. The molecule has 0 unspecified atom stereocenters. The molecule has 0 atom stereocenters. The van der Waals surface area contributed by atoms with Crippen LogP contribution in [-0.4, -0.2) is 57.0 Å². The quantitative estimate of drug-likeness (QED) is 0.288. The molecular weight excluding hydrogens is 508 g/mol. The molecule has 1 aliphatic heterocycles. The zero-order valence-electron chi connectivity index (χ0n) is 22.2. The second-order valence-electron chi connectivity index (χ2n) is 9.75. The van der Waals surface area contributed by atoms with Crippen LogP contribution in [0.15, 0.2) is 77.6 Å². The fourth-order valence-electron chi connectivity index (χ4n) is 4.86. The van der Waals surface area contributed by atoms with Crippen LogP contribution >= 0.6 is 0 Å². The maximum absolute atomic E-state index is 13.2. The minimum Gasteiger partial charge on any atom is -0.497 e. The van der Waals surface area contributed by atoms with Crippen LogP contribution in [0.5, 0.6) is 17.2 Å². The van der Waals surface area contributed by atoms with Crippen LogP contribution in [0.1, 0.15) is 22.5 Å². The van der Waals surface area contributed by atoms with Crippen molar-refractivity contribution in [1.82, 2.24) is 30.1 Å². The molecular formula is C30H30N6O4. The lowest BCUT2D eigenvalue weighted by Gasteiger charge is -2.22. The summed E-state index contributed by atoms with van der Waals surface area (Å²) in [5.41, 5.74) is 3.53. The highest BCUT2D eigenvalue weighted by molar-refractivity contribution is 5.83. The van der Waals surface area contributed by atoms with Gasteiger partial charge < -0.3 is 19.2 Å². The third-order valence-electron chi connectivity index (χ3n) is 7.00. The molecule has 1 N–H and O–H groups in total. The molecule has 10 heteroatoms. The molecule has 0 aliphatic carbocycles. The Labute approximate surface area is 231 Å². The van der Waals surface area contributed by atoms with E-state index in [0.717, 1.165) is 41.0 Å². The largest absolute Gasteiger partial charge is 0.497 e. The Morgan fingerprint density at radius 1 is 0.950 bits per heavy atom. The van der Waals surface area contributed by atoms with Crippen molar-refractivity contribution >= 4 is 10.9 Å². The van der Waals surface area contributed by atoms with Gasteiger partial charge in [0.1, 0.15) is 19.0 Å². The zero-order chi connectivity index (χ0) is 27.3. The highest BCUT2D eigenvalue weighted by Gasteiger charge is 2.18. The second-order valence-corrected chi connectivity index (χ2v) is 9.75. The lowest BCUT2D eigenvalue weighted by molar-refractivity contribution is 0.172. The van der Waals surface area contributed by atoms with Gasteiger partial charge in [0.05, 0.1) is 25.7 Å². The smallest absolute Gasteiger partial charge is 0.252 e. The van der Waals surface area contributed by atoms with Crippen LogP contribution in [-0.2, 0) is 26.1 Å². The summed E-state index contributed by atoms with van der Waals surface area (Å²) in [5, 5.41) is 13.4. The van der Waals surface area contributed by atoms with Gasteiger partial charge in [-0.05, 0) is 52.2 Å². The molecule has 5 aromatic rings. The summed E-state index contributed by atoms with van der Waals surface area (Å²) < 4.78 is 18.5. The van der Waals surface area contributed by atoms with E-state index in [-0.39, 0.29) is 5.56 Å². The number of fused-ring (bicyclic) bond motifs is 2. The summed E-state index contributed by atoms with van der Waals surface area (Å²) in [4.78, 5) is 18.4. The molecule has 1 aliphatic rings. The van der Waals surface area contributed by atoms with Gasteiger partial charge >= 0.3 is 0 Å². The minimum absolute atomic E-state index is 0.133. The second kappa shape index (κ2) is 11.6. The Morgan fingerprint density at radius 3 is 2.50 bits per heavy atom. The molecule has 204 valence electrons. The number of tetrazole rings is 1. The Bertz CT molecular complexity index is 1650. The number of nitrogens with one attached hydrogen (secondary N) is 1. The molecule has 10 nitrogen and oxygen atoms in total. The monoisotopic (exact) mass is 538 g/mol. The maximum atomic E-state index is 13.2. The zero-order valence-corrected chi connectivity index (χ0v) is 22.2. The highest BCUT2D eigenvalue weighted by Crippen LogP contribution is 2.33. The first-order valence-electron chi connectivity index (χ1n) is 13.2.